The molecule has 0 radical (unpaired) electrons. The van der Waals surface area contributed by atoms with E-state index in [0.29, 0.717) is 0 Å². The summed E-state index contributed by atoms with van der Waals surface area (Å²) in [6, 6.07) is 14.8. The van der Waals surface area contributed by atoms with Gasteiger partial charge in [0.25, 0.3) is 0 Å². The summed E-state index contributed by atoms with van der Waals surface area (Å²) < 4.78 is 4.92. The predicted molar refractivity (Wildman–Crippen MR) is 124 cm³/mol. The Morgan fingerprint density at radius 3 is 1.19 bits per heavy atom. The topological polar surface area (TPSA) is 0 Å². The molecule has 0 spiro atoms. The number of rotatable bonds is 2. The van der Waals surface area contributed by atoms with Crippen LogP contribution in [-0.2, 0) is 10.8 Å². The number of benzene rings is 2. The van der Waals surface area contributed by atoms with Gasteiger partial charge >= 0.3 is 170 Å². The summed E-state index contributed by atoms with van der Waals surface area (Å²) in [5, 5.41) is 0. The van der Waals surface area contributed by atoms with Crippen LogP contribution in [0.5, 0.6) is 0 Å². The zero-order valence-corrected chi connectivity index (χ0v) is 21.2. The van der Waals surface area contributed by atoms with Gasteiger partial charge in [-0.15, -0.1) is 0 Å². The molecule has 0 amide bonds. The van der Waals surface area contributed by atoms with Gasteiger partial charge in [-0.2, -0.15) is 0 Å². The molecule has 1 heterocycles. The minimum atomic E-state index is -2.52. The minimum absolute atomic E-state index is 0.197. The van der Waals surface area contributed by atoms with Gasteiger partial charge in [-0.05, 0) is 0 Å². The molecule has 0 atom stereocenters. The second-order valence-corrected chi connectivity index (χ2v) is 22.0. The molecule has 27 heavy (non-hydrogen) atoms. The van der Waals surface area contributed by atoms with E-state index in [4.69, 9.17) is 0 Å². The Morgan fingerprint density at radius 1 is 0.593 bits per heavy atom. The average molecular weight is 423 g/mol. The molecule has 0 aromatic heterocycles. The van der Waals surface area contributed by atoms with Crippen LogP contribution in [-0.4, -0.2) is 13.3 Å². The zero-order valence-electron chi connectivity index (χ0n) is 19.1. The molecule has 0 unspecified atom stereocenters. The number of hydrogen-bond donors (Lipinski definition) is 0. The van der Waals surface area contributed by atoms with Crippen molar-refractivity contribution < 1.29 is 0 Å². The molecule has 0 saturated heterocycles. The molecular formula is C26H38Ge. The Balaban J connectivity index is 2.39. The Kier molecular flexibility index (Phi) is 4.99. The maximum atomic E-state index is 2.60. The van der Waals surface area contributed by atoms with Crippen molar-refractivity contribution >= 4 is 22.1 Å². The molecule has 1 aliphatic rings. The molecule has 0 saturated carbocycles. The van der Waals surface area contributed by atoms with Crippen LogP contribution in [0.3, 0.4) is 0 Å². The summed E-state index contributed by atoms with van der Waals surface area (Å²) in [6.45, 7) is 24.0. The van der Waals surface area contributed by atoms with Crippen LogP contribution in [0.4, 0.5) is 0 Å². The molecule has 146 valence electrons. The summed E-state index contributed by atoms with van der Waals surface area (Å²) in [5.74, 6) is 0. The first-order chi connectivity index (χ1) is 12.3. The van der Waals surface area contributed by atoms with Gasteiger partial charge in [0.05, 0.1) is 0 Å². The van der Waals surface area contributed by atoms with E-state index in [-0.39, 0.29) is 10.8 Å². The molecule has 1 heteroatoms. The Morgan fingerprint density at radius 2 is 0.926 bits per heavy atom. The number of fused-ring (bicyclic) bond motifs is 3. The van der Waals surface area contributed by atoms with E-state index in [1.165, 1.54) is 22.3 Å². The van der Waals surface area contributed by atoms with Crippen molar-refractivity contribution in [1.29, 1.82) is 0 Å². The molecule has 0 bridgehead atoms. The van der Waals surface area contributed by atoms with E-state index in [1.54, 1.807) is 8.79 Å². The first kappa shape index (κ1) is 20.7. The Labute approximate surface area is 170 Å². The van der Waals surface area contributed by atoms with Gasteiger partial charge in [0.1, 0.15) is 0 Å². The Bertz CT molecular complexity index is 783. The van der Waals surface area contributed by atoms with Crippen LogP contribution >= 0.6 is 0 Å². The Hall–Kier alpha value is -1.02. The van der Waals surface area contributed by atoms with Gasteiger partial charge in [0, 0.05) is 0 Å². The van der Waals surface area contributed by atoms with Crippen LogP contribution < -0.4 is 8.79 Å². The molecule has 2 aromatic carbocycles. The molecule has 0 fully saturated rings. The van der Waals surface area contributed by atoms with Gasteiger partial charge < -0.3 is 0 Å². The maximum absolute atomic E-state index is 2.60. The van der Waals surface area contributed by atoms with Crippen molar-refractivity contribution in [3.05, 3.63) is 47.5 Å². The fourth-order valence-electron chi connectivity index (χ4n) is 5.23. The third-order valence-electron chi connectivity index (χ3n) is 6.77. The van der Waals surface area contributed by atoms with Gasteiger partial charge in [-0.25, -0.2) is 0 Å². The first-order valence-electron chi connectivity index (χ1n) is 10.6. The molecule has 2 aromatic rings. The molecule has 0 N–H and O–H groups in total. The molecular weight excluding hydrogens is 385 g/mol. The van der Waals surface area contributed by atoms with Crippen LogP contribution in [0.1, 0.15) is 80.4 Å². The van der Waals surface area contributed by atoms with Crippen molar-refractivity contribution in [3.8, 4) is 11.1 Å². The van der Waals surface area contributed by atoms with Gasteiger partial charge in [0.2, 0.25) is 0 Å². The fraction of sp³-hybridized carbons (Fsp3) is 0.538. The van der Waals surface area contributed by atoms with Gasteiger partial charge in [0.15, 0.2) is 0 Å². The zero-order chi connectivity index (χ0) is 20.4. The standard InChI is InChI=1S/C26H38Ge/c1-17(2)27(18(3)4)23-15-19(25(5,6)7)11-13-21(23)22-14-12-20(16-24(22)27)26(8,9)10/h11-18H,1-10H3. The third-order valence-corrected chi connectivity index (χ3v) is 19.9. The van der Waals surface area contributed by atoms with E-state index in [0.717, 1.165) is 9.50 Å². The van der Waals surface area contributed by atoms with Gasteiger partial charge in [-0.3, -0.25) is 0 Å². The summed E-state index contributed by atoms with van der Waals surface area (Å²) >= 11 is -2.52. The summed E-state index contributed by atoms with van der Waals surface area (Å²) in [7, 11) is 0. The van der Waals surface area contributed by atoms with Crippen LogP contribution in [0, 0.1) is 0 Å². The average Bonchev–Trinajstić information content (AvgIpc) is 2.83. The number of hydrogen-bond acceptors (Lipinski definition) is 0. The predicted octanol–water partition coefficient (Wildman–Crippen LogP) is 6.65. The van der Waals surface area contributed by atoms with Gasteiger partial charge in [-0.1, -0.05) is 0 Å². The van der Waals surface area contributed by atoms with Crippen molar-refractivity contribution in [2.75, 3.05) is 0 Å². The summed E-state index contributed by atoms with van der Waals surface area (Å²) in [4.78, 5) is 0. The van der Waals surface area contributed by atoms with Crippen LogP contribution in [0.25, 0.3) is 11.1 Å². The molecule has 0 aliphatic carbocycles. The van der Waals surface area contributed by atoms with Crippen molar-refractivity contribution in [1.82, 2.24) is 0 Å². The first-order valence-corrected chi connectivity index (χ1v) is 15.1. The third kappa shape index (κ3) is 3.13. The van der Waals surface area contributed by atoms with Crippen LogP contribution in [0.2, 0.25) is 9.50 Å². The van der Waals surface area contributed by atoms with Crippen LogP contribution in [0.15, 0.2) is 36.4 Å². The van der Waals surface area contributed by atoms with E-state index >= 15 is 0 Å². The van der Waals surface area contributed by atoms with E-state index in [1.807, 2.05) is 0 Å². The quantitative estimate of drug-likeness (QED) is 0.475. The second-order valence-electron chi connectivity index (χ2n) is 11.2. The summed E-state index contributed by atoms with van der Waals surface area (Å²) in [5.41, 5.74) is 6.43. The van der Waals surface area contributed by atoms with E-state index < -0.39 is 13.3 Å². The van der Waals surface area contributed by atoms with E-state index in [2.05, 4.69) is 106 Å². The molecule has 0 nitrogen and oxygen atoms in total. The normalized spacial score (nSPS) is 16.0. The monoisotopic (exact) mass is 424 g/mol. The van der Waals surface area contributed by atoms with E-state index in [9.17, 15) is 0 Å². The molecule has 3 rings (SSSR count). The second kappa shape index (κ2) is 6.51. The van der Waals surface area contributed by atoms with Crippen molar-refractivity contribution in [2.24, 2.45) is 0 Å². The summed E-state index contributed by atoms with van der Waals surface area (Å²) in [6.07, 6.45) is 0. The molecule has 1 aliphatic heterocycles. The SMILES string of the molecule is C[CH](C)[Ge]1([CH](C)C)[c]2cc(C(C)(C)C)ccc2-c2ccc(C(C)(C)C)c[c]21. The van der Waals surface area contributed by atoms with Crippen molar-refractivity contribution in [3.63, 3.8) is 0 Å². The van der Waals surface area contributed by atoms with Crippen molar-refractivity contribution in [2.45, 2.75) is 89.6 Å². The fourth-order valence-corrected chi connectivity index (χ4v) is 18.3.